The standard InChI is InChI=1S/C9H10BN/c1-7-3-2-4-8(5-6-11)9(7)10/h2-4H,5,10H2,1H3. The quantitative estimate of drug-likeness (QED) is 0.519. The predicted molar refractivity (Wildman–Crippen MR) is 48.7 cm³/mol. The Balaban J connectivity index is 3.08. The van der Waals surface area contributed by atoms with E-state index in [2.05, 4.69) is 26.9 Å². The summed E-state index contributed by atoms with van der Waals surface area (Å²) in [6, 6.07) is 8.22. The Morgan fingerprint density at radius 3 is 2.91 bits per heavy atom. The van der Waals surface area contributed by atoms with E-state index in [1.807, 2.05) is 12.1 Å². The first-order valence-electron chi connectivity index (χ1n) is 3.67. The Kier molecular flexibility index (Phi) is 2.33. The van der Waals surface area contributed by atoms with Gasteiger partial charge >= 0.3 is 0 Å². The van der Waals surface area contributed by atoms with Gasteiger partial charge in [-0.05, 0) is 12.5 Å². The van der Waals surface area contributed by atoms with Crippen molar-refractivity contribution in [2.45, 2.75) is 13.3 Å². The van der Waals surface area contributed by atoms with Crippen LogP contribution in [0.15, 0.2) is 18.2 Å². The fraction of sp³-hybridized carbons (Fsp3) is 0.222. The van der Waals surface area contributed by atoms with Crippen LogP contribution in [0.1, 0.15) is 11.1 Å². The Labute approximate surface area is 68.1 Å². The maximum absolute atomic E-state index is 8.49. The summed E-state index contributed by atoms with van der Waals surface area (Å²) in [5, 5.41) is 8.49. The highest BCUT2D eigenvalue weighted by atomic mass is 14.2. The first kappa shape index (κ1) is 7.88. The molecule has 1 aromatic carbocycles. The van der Waals surface area contributed by atoms with Crippen LogP contribution >= 0.6 is 0 Å². The van der Waals surface area contributed by atoms with Crippen molar-refractivity contribution in [1.82, 2.24) is 0 Å². The molecule has 0 aliphatic rings. The predicted octanol–water partition coefficient (Wildman–Crippen LogP) is 0.320. The minimum atomic E-state index is 0.521. The third-order valence-electron chi connectivity index (χ3n) is 1.99. The molecule has 0 saturated heterocycles. The van der Waals surface area contributed by atoms with Crippen LogP contribution in [0.25, 0.3) is 0 Å². The van der Waals surface area contributed by atoms with E-state index in [0.717, 1.165) is 5.56 Å². The maximum atomic E-state index is 8.49. The lowest BCUT2D eigenvalue weighted by atomic mass is 9.85. The third-order valence-corrected chi connectivity index (χ3v) is 1.99. The molecule has 0 aliphatic heterocycles. The molecule has 0 N–H and O–H groups in total. The Morgan fingerprint density at radius 2 is 2.27 bits per heavy atom. The lowest BCUT2D eigenvalue weighted by Crippen LogP contribution is -2.13. The molecule has 2 heteroatoms. The van der Waals surface area contributed by atoms with Crippen LogP contribution < -0.4 is 5.46 Å². The number of hydrogen-bond donors (Lipinski definition) is 0. The maximum Gasteiger partial charge on any atom is 0.140 e. The second kappa shape index (κ2) is 3.25. The monoisotopic (exact) mass is 143 g/mol. The van der Waals surface area contributed by atoms with Gasteiger partial charge in [-0.25, -0.2) is 0 Å². The van der Waals surface area contributed by atoms with Crippen molar-refractivity contribution >= 4 is 13.3 Å². The van der Waals surface area contributed by atoms with E-state index >= 15 is 0 Å². The van der Waals surface area contributed by atoms with Gasteiger partial charge in [-0.15, -0.1) is 0 Å². The number of nitriles is 1. The topological polar surface area (TPSA) is 23.8 Å². The van der Waals surface area contributed by atoms with E-state index in [9.17, 15) is 0 Å². The molecule has 1 nitrogen and oxygen atoms in total. The Bertz CT molecular complexity index is 299. The zero-order valence-corrected chi connectivity index (χ0v) is 6.89. The molecular weight excluding hydrogens is 133 g/mol. The summed E-state index contributed by atoms with van der Waals surface area (Å²) in [5.74, 6) is 0. The molecule has 0 atom stereocenters. The molecule has 0 radical (unpaired) electrons. The summed E-state index contributed by atoms with van der Waals surface area (Å²) < 4.78 is 0. The highest BCUT2D eigenvalue weighted by molar-refractivity contribution is 6.34. The third kappa shape index (κ3) is 1.62. The number of rotatable bonds is 1. The summed E-state index contributed by atoms with van der Waals surface area (Å²) in [5.41, 5.74) is 3.65. The number of aryl methyl sites for hydroxylation is 1. The molecule has 0 unspecified atom stereocenters. The molecule has 0 amide bonds. The Morgan fingerprint density at radius 1 is 1.55 bits per heavy atom. The summed E-state index contributed by atoms with van der Waals surface area (Å²) in [4.78, 5) is 0. The molecule has 0 saturated carbocycles. The van der Waals surface area contributed by atoms with E-state index in [4.69, 9.17) is 5.26 Å². The minimum Gasteiger partial charge on any atom is -0.198 e. The molecule has 0 aromatic heterocycles. The molecule has 0 heterocycles. The summed E-state index contributed by atoms with van der Waals surface area (Å²) >= 11 is 0. The first-order chi connectivity index (χ1) is 5.25. The normalized spacial score (nSPS) is 9.09. The number of benzene rings is 1. The van der Waals surface area contributed by atoms with Crippen molar-refractivity contribution < 1.29 is 0 Å². The van der Waals surface area contributed by atoms with Gasteiger partial charge in [0.05, 0.1) is 12.5 Å². The van der Waals surface area contributed by atoms with Crippen LogP contribution in [0, 0.1) is 18.3 Å². The number of hydrogen-bond acceptors (Lipinski definition) is 1. The van der Waals surface area contributed by atoms with Crippen molar-refractivity contribution in [2.75, 3.05) is 0 Å². The SMILES string of the molecule is Bc1c(C)cccc1CC#N. The van der Waals surface area contributed by atoms with Crippen LogP contribution in [-0.4, -0.2) is 7.85 Å². The van der Waals surface area contributed by atoms with E-state index in [1.54, 1.807) is 0 Å². The van der Waals surface area contributed by atoms with Gasteiger partial charge in [0.25, 0.3) is 0 Å². The highest BCUT2D eigenvalue weighted by Crippen LogP contribution is 1.99. The first-order valence-corrected chi connectivity index (χ1v) is 3.67. The van der Waals surface area contributed by atoms with Gasteiger partial charge in [-0.1, -0.05) is 29.2 Å². The van der Waals surface area contributed by atoms with Gasteiger partial charge in [-0.3, -0.25) is 0 Å². The lowest BCUT2D eigenvalue weighted by molar-refractivity contribution is 1.27. The zero-order chi connectivity index (χ0) is 8.27. The van der Waals surface area contributed by atoms with Gasteiger partial charge in [-0.2, -0.15) is 5.26 Å². The Hall–Kier alpha value is -1.23. The van der Waals surface area contributed by atoms with E-state index < -0.39 is 0 Å². The van der Waals surface area contributed by atoms with Crippen LogP contribution in [-0.2, 0) is 6.42 Å². The van der Waals surface area contributed by atoms with Crippen molar-refractivity contribution in [2.24, 2.45) is 0 Å². The van der Waals surface area contributed by atoms with Crippen LogP contribution in [0.2, 0.25) is 0 Å². The van der Waals surface area contributed by atoms with Crippen molar-refractivity contribution in [3.05, 3.63) is 29.3 Å². The molecular formula is C9H10BN. The fourth-order valence-electron chi connectivity index (χ4n) is 1.09. The van der Waals surface area contributed by atoms with Gasteiger partial charge < -0.3 is 0 Å². The van der Waals surface area contributed by atoms with Crippen molar-refractivity contribution in [3.8, 4) is 6.07 Å². The molecule has 54 valence electrons. The second-order valence-corrected chi connectivity index (χ2v) is 2.69. The summed E-state index contributed by atoms with van der Waals surface area (Å²) in [7, 11) is 2.06. The minimum absolute atomic E-state index is 0.521. The molecule has 1 rings (SSSR count). The summed E-state index contributed by atoms with van der Waals surface area (Å²) in [6.45, 7) is 2.07. The smallest absolute Gasteiger partial charge is 0.140 e. The van der Waals surface area contributed by atoms with Crippen LogP contribution in [0.4, 0.5) is 0 Å². The van der Waals surface area contributed by atoms with Gasteiger partial charge in [0.2, 0.25) is 0 Å². The number of nitrogens with zero attached hydrogens (tertiary/aromatic N) is 1. The average molecular weight is 143 g/mol. The van der Waals surface area contributed by atoms with E-state index in [0.29, 0.717) is 6.42 Å². The lowest BCUT2D eigenvalue weighted by Gasteiger charge is -2.03. The molecule has 11 heavy (non-hydrogen) atoms. The highest BCUT2D eigenvalue weighted by Gasteiger charge is 1.97. The molecule has 0 bridgehead atoms. The van der Waals surface area contributed by atoms with Crippen LogP contribution in [0.5, 0.6) is 0 Å². The fourth-order valence-corrected chi connectivity index (χ4v) is 1.09. The van der Waals surface area contributed by atoms with Crippen molar-refractivity contribution in [3.63, 3.8) is 0 Å². The average Bonchev–Trinajstić information content (AvgIpc) is 1.99. The zero-order valence-electron chi connectivity index (χ0n) is 6.89. The summed E-state index contributed by atoms with van der Waals surface area (Å²) in [6.07, 6.45) is 0.521. The molecule has 0 spiro atoms. The second-order valence-electron chi connectivity index (χ2n) is 2.69. The largest absolute Gasteiger partial charge is 0.198 e. The molecule has 0 aliphatic carbocycles. The van der Waals surface area contributed by atoms with Crippen molar-refractivity contribution in [1.29, 1.82) is 5.26 Å². The van der Waals surface area contributed by atoms with Gasteiger partial charge in [0, 0.05) is 0 Å². The van der Waals surface area contributed by atoms with E-state index in [-0.39, 0.29) is 0 Å². The van der Waals surface area contributed by atoms with Gasteiger partial charge in [0.1, 0.15) is 7.85 Å². The van der Waals surface area contributed by atoms with Crippen LogP contribution in [0.3, 0.4) is 0 Å². The van der Waals surface area contributed by atoms with E-state index in [1.165, 1.54) is 11.0 Å². The van der Waals surface area contributed by atoms with Gasteiger partial charge in [0.15, 0.2) is 0 Å². The molecule has 1 aromatic rings. The molecule has 0 fully saturated rings.